The molecule has 1 unspecified atom stereocenters. The number of carbonyl (C=O) groups is 3. The van der Waals surface area contributed by atoms with Crippen molar-refractivity contribution in [3.05, 3.63) is 59.7 Å². The Kier molecular flexibility index (Phi) is 10.5. The second kappa shape index (κ2) is 13.4. The Labute approximate surface area is 250 Å². The lowest BCUT2D eigenvalue weighted by Gasteiger charge is -2.21. The molecule has 42 heavy (non-hydrogen) atoms. The van der Waals surface area contributed by atoms with Gasteiger partial charge in [-0.1, -0.05) is 12.1 Å². The van der Waals surface area contributed by atoms with Gasteiger partial charge in [0.15, 0.2) is 0 Å². The van der Waals surface area contributed by atoms with Gasteiger partial charge in [-0.2, -0.15) is 0 Å². The van der Waals surface area contributed by atoms with Crippen LogP contribution in [0.3, 0.4) is 0 Å². The first-order valence-corrected chi connectivity index (χ1v) is 15.6. The van der Waals surface area contributed by atoms with Gasteiger partial charge in [0.05, 0.1) is 38.4 Å². The number of pyridine rings is 1. The van der Waals surface area contributed by atoms with E-state index in [1.165, 1.54) is 36.8 Å². The third-order valence-corrected chi connectivity index (χ3v) is 8.29. The van der Waals surface area contributed by atoms with E-state index in [4.69, 9.17) is 14.2 Å². The van der Waals surface area contributed by atoms with Crippen LogP contribution in [0.25, 0.3) is 10.4 Å². The monoisotopic (exact) mass is 616 g/mol. The van der Waals surface area contributed by atoms with Crippen molar-refractivity contribution in [1.29, 1.82) is 0 Å². The SMILES string of the molecule is COCCS(=O)(=NC(=O)OC(C)(C)C)c1ccc(C(=O)Nc2cc(-c3cccs3)ccc2NC(=O)OC(C)(C)C)nc1. The maximum absolute atomic E-state index is 13.7. The summed E-state index contributed by atoms with van der Waals surface area (Å²) < 4.78 is 33.1. The van der Waals surface area contributed by atoms with Crippen molar-refractivity contribution in [1.82, 2.24) is 4.98 Å². The number of ether oxygens (including phenoxy) is 3. The van der Waals surface area contributed by atoms with Crippen molar-refractivity contribution >= 4 is 50.5 Å². The summed E-state index contributed by atoms with van der Waals surface area (Å²) in [4.78, 5) is 43.4. The Bertz CT molecular complexity index is 1530. The Morgan fingerprint density at radius 1 is 0.952 bits per heavy atom. The van der Waals surface area contributed by atoms with Crippen molar-refractivity contribution in [3.8, 4) is 10.4 Å². The van der Waals surface area contributed by atoms with Gasteiger partial charge in [-0.05, 0) is 82.8 Å². The summed E-state index contributed by atoms with van der Waals surface area (Å²) >= 11 is 1.53. The average molecular weight is 617 g/mol. The van der Waals surface area contributed by atoms with Crippen molar-refractivity contribution < 1.29 is 32.8 Å². The molecule has 3 aromatic rings. The average Bonchev–Trinajstić information content (AvgIpc) is 3.41. The number of anilines is 2. The van der Waals surface area contributed by atoms with Crippen molar-refractivity contribution in [2.24, 2.45) is 4.36 Å². The van der Waals surface area contributed by atoms with Gasteiger partial charge < -0.3 is 19.5 Å². The number of nitrogens with zero attached hydrogens (tertiary/aromatic N) is 2. The molecule has 0 aliphatic heterocycles. The Morgan fingerprint density at radius 3 is 2.24 bits per heavy atom. The molecule has 13 heteroatoms. The largest absolute Gasteiger partial charge is 0.444 e. The first-order valence-electron chi connectivity index (χ1n) is 13.0. The Morgan fingerprint density at radius 2 is 1.67 bits per heavy atom. The lowest BCUT2D eigenvalue weighted by atomic mass is 10.1. The molecule has 0 bridgehead atoms. The van der Waals surface area contributed by atoms with Crippen molar-refractivity contribution in [3.63, 3.8) is 0 Å². The first kappa shape index (κ1) is 32.7. The van der Waals surface area contributed by atoms with Crippen LogP contribution < -0.4 is 10.6 Å². The minimum atomic E-state index is -3.30. The lowest BCUT2D eigenvalue weighted by molar-refractivity contribution is 0.0603. The van der Waals surface area contributed by atoms with Crippen LogP contribution in [-0.2, 0) is 23.9 Å². The lowest BCUT2D eigenvalue weighted by Crippen LogP contribution is -2.27. The molecule has 2 N–H and O–H groups in total. The normalized spacial score (nSPS) is 13.0. The molecule has 2 aromatic heterocycles. The second-order valence-corrected chi connectivity index (χ2v) is 14.4. The fourth-order valence-electron chi connectivity index (χ4n) is 3.47. The van der Waals surface area contributed by atoms with Crippen molar-refractivity contribution in [2.75, 3.05) is 30.1 Å². The molecular weight excluding hydrogens is 580 g/mol. The van der Waals surface area contributed by atoms with Crippen LogP contribution in [0.4, 0.5) is 21.0 Å². The van der Waals surface area contributed by atoms with E-state index in [9.17, 15) is 18.6 Å². The van der Waals surface area contributed by atoms with E-state index in [1.54, 1.807) is 53.7 Å². The van der Waals surface area contributed by atoms with Crippen LogP contribution in [0.1, 0.15) is 52.0 Å². The Balaban J connectivity index is 1.90. The number of thiophene rings is 1. The summed E-state index contributed by atoms with van der Waals surface area (Å²) in [6, 6.07) is 11.9. The maximum atomic E-state index is 13.7. The van der Waals surface area contributed by atoms with E-state index in [0.29, 0.717) is 11.4 Å². The standard InChI is InChI=1S/C29H36N4O7S2/c1-28(2,3)39-26(35)32-21-12-10-19(24-9-8-15-41-24)17-23(21)31-25(34)22-13-11-20(18-30-22)42(37,16-14-38-7)33-27(36)40-29(4,5)6/h8-13,15,17-18H,14,16H2,1-7H3,(H,31,34)(H,32,35). The molecule has 0 saturated carbocycles. The summed E-state index contributed by atoms with van der Waals surface area (Å²) in [5.41, 5.74) is -0.0391. The highest BCUT2D eigenvalue weighted by Crippen LogP contribution is 2.32. The van der Waals surface area contributed by atoms with Crippen LogP contribution in [0, 0.1) is 0 Å². The van der Waals surface area contributed by atoms with E-state index in [1.807, 2.05) is 23.6 Å². The molecule has 1 atom stereocenters. The van der Waals surface area contributed by atoms with Crippen LogP contribution in [0.15, 0.2) is 63.3 Å². The van der Waals surface area contributed by atoms with Crippen LogP contribution in [-0.4, -0.2) is 58.0 Å². The van der Waals surface area contributed by atoms with Gasteiger partial charge in [0.2, 0.25) is 0 Å². The molecule has 226 valence electrons. The van der Waals surface area contributed by atoms with E-state index in [-0.39, 0.29) is 22.9 Å². The molecular formula is C29H36N4O7S2. The predicted octanol–water partition coefficient (Wildman–Crippen LogP) is 6.82. The van der Waals surface area contributed by atoms with Gasteiger partial charge in [0, 0.05) is 18.2 Å². The number of aromatic nitrogens is 1. The van der Waals surface area contributed by atoms with E-state index in [2.05, 4.69) is 20.0 Å². The number of methoxy groups -OCH3 is 1. The summed E-state index contributed by atoms with van der Waals surface area (Å²) in [6.45, 7) is 10.3. The fourth-order valence-corrected chi connectivity index (χ4v) is 5.79. The summed E-state index contributed by atoms with van der Waals surface area (Å²) in [6.07, 6.45) is -0.409. The molecule has 2 heterocycles. The topological polar surface area (TPSA) is 145 Å². The molecule has 0 radical (unpaired) electrons. The molecule has 0 aliphatic carbocycles. The number of hydrogen-bond acceptors (Lipinski definition) is 9. The first-order chi connectivity index (χ1) is 19.6. The summed E-state index contributed by atoms with van der Waals surface area (Å²) in [5, 5.41) is 7.41. The zero-order chi connectivity index (χ0) is 31.1. The zero-order valence-electron chi connectivity index (χ0n) is 24.7. The zero-order valence-corrected chi connectivity index (χ0v) is 26.3. The number of amides is 3. The third-order valence-electron chi connectivity index (χ3n) is 5.23. The van der Waals surface area contributed by atoms with E-state index < -0.39 is 39.0 Å². The molecule has 3 rings (SSSR count). The Hall–Kier alpha value is -3.81. The van der Waals surface area contributed by atoms with Crippen molar-refractivity contribution in [2.45, 2.75) is 57.6 Å². The van der Waals surface area contributed by atoms with E-state index in [0.717, 1.165) is 10.4 Å². The number of benzene rings is 1. The highest BCUT2D eigenvalue weighted by Gasteiger charge is 2.22. The molecule has 0 spiro atoms. The van der Waals surface area contributed by atoms with Gasteiger partial charge in [-0.15, -0.1) is 15.7 Å². The van der Waals surface area contributed by atoms with Gasteiger partial charge in [-0.25, -0.2) is 18.8 Å². The molecule has 3 amide bonds. The maximum Gasteiger partial charge on any atom is 0.442 e. The number of nitrogens with one attached hydrogen (secondary N) is 2. The molecule has 0 saturated heterocycles. The number of carbonyl (C=O) groups excluding carboxylic acids is 3. The highest BCUT2D eigenvalue weighted by molar-refractivity contribution is 7.94. The predicted molar refractivity (Wildman–Crippen MR) is 164 cm³/mol. The minimum absolute atomic E-state index is 0.00857. The highest BCUT2D eigenvalue weighted by atomic mass is 32.2. The van der Waals surface area contributed by atoms with Crippen LogP contribution in [0.2, 0.25) is 0 Å². The van der Waals surface area contributed by atoms with Crippen LogP contribution >= 0.6 is 11.3 Å². The summed E-state index contributed by atoms with van der Waals surface area (Å²) in [7, 11) is -1.85. The van der Waals surface area contributed by atoms with Gasteiger partial charge >= 0.3 is 12.2 Å². The van der Waals surface area contributed by atoms with Gasteiger partial charge in [0.1, 0.15) is 16.9 Å². The van der Waals surface area contributed by atoms with E-state index >= 15 is 0 Å². The quantitative estimate of drug-likeness (QED) is 0.280. The molecule has 1 aromatic carbocycles. The minimum Gasteiger partial charge on any atom is -0.444 e. The number of hydrogen-bond donors (Lipinski definition) is 2. The molecule has 0 aliphatic rings. The smallest absolute Gasteiger partial charge is 0.442 e. The molecule has 0 fully saturated rings. The second-order valence-electron chi connectivity index (χ2n) is 11.1. The number of rotatable bonds is 8. The third kappa shape index (κ3) is 9.64. The fraction of sp³-hybridized carbons (Fsp3) is 0.379. The molecule has 11 nitrogen and oxygen atoms in total. The van der Waals surface area contributed by atoms with Gasteiger partial charge in [-0.3, -0.25) is 10.1 Å². The van der Waals surface area contributed by atoms with Gasteiger partial charge in [0.25, 0.3) is 5.91 Å². The summed E-state index contributed by atoms with van der Waals surface area (Å²) in [5.74, 6) is -0.657. The van der Waals surface area contributed by atoms with Crippen LogP contribution in [0.5, 0.6) is 0 Å².